The van der Waals surface area contributed by atoms with Crippen molar-refractivity contribution >= 4 is 5.97 Å². The van der Waals surface area contributed by atoms with Crippen molar-refractivity contribution in [2.75, 3.05) is 13.2 Å². The highest BCUT2D eigenvalue weighted by molar-refractivity contribution is 5.89. The zero-order valence-corrected chi connectivity index (χ0v) is 9.40. The van der Waals surface area contributed by atoms with Crippen molar-refractivity contribution in [1.82, 2.24) is 0 Å². The maximum Gasteiger partial charge on any atom is 0.335 e. The molecule has 2 rings (SSSR count). The van der Waals surface area contributed by atoms with Gasteiger partial charge < -0.3 is 9.84 Å². The Balaban J connectivity index is 2.23. The Hall–Kier alpha value is -1.35. The second-order valence-electron chi connectivity index (χ2n) is 4.27. The molecule has 0 aliphatic carbocycles. The smallest absolute Gasteiger partial charge is 0.335 e. The molecule has 0 aromatic heterocycles. The van der Waals surface area contributed by atoms with Gasteiger partial charge in [0.2, 0.25) is 0 Å². The Morgan fingerprint density at radius 3 is 2.62 bits per heavy atom. The molecule has 0 unspecified atom stereocenters. The fourth-order valence-electron chi connectivity index (χ4n) is 2.21. The molecule has 1 N–H and O–H groups in total. The first-order valence-corrected chi connectivity index (χ1v) is 5.60. The van der Waals surface area contributed by atoms with Crippen molar-refractivity contribution in [2.45, 2.75) is 25.7 Å². The predicted octanol–water partition coefficient (Wildman–Crippen LogP) is 2.59. The maximum atomic E-state index is 10.9. The van der Waals surface area contributed by atoms with E-state index in [2.05, 4.69) is 0 Å². The van der Waals surface area contributed by atoms with Crippen LogP contribution in [0.4, 0.5) is 0 Å². The third-order valence-electron chi connectivity index (χ3n) is 3.17. The molecule has 3 heteroatoms. The molecule has 0 amide bonds. The van der Waals surface area contributed by atoms with Gasteiger partial charge in [-0.1, -0.05) is 12.1 Å². The van der Waals surface area contributed by atoms with Crippen LogP contribution in [0.25, 0.3) is 0 Å². The minimum absolute atomic E-state index is 0.399. The van der Waals surface area contributed by atoms with Gasteiger partial charge >= 0.3 is 5.97 Å². The fourth-order valence-corrected chi connectivity index (χ4v) is 2.21. The van der Waals surface area contributed by atoms with Gasteiger partial charge in [0.15, 0.2) is 0 Å². The maximum absolute atomic E-state index is 10.9. The van der Waals surface area contributed by atoms with Crippen LogP contribution < -0.4 is 0 Å². The van der Waals surface area contributed by atoms with E-state index in [-0.39, 0.29) is 0 Å². The largest absolute Gasteiger partial charge is 0.478 e. The summed E-state index contributed by atoms with van der Waals surface area (Å²) in [5, 5.41) is 8.95. The SMILES string of the molecule is Cc1cc(C2CCOCC2)ccc1C(=O)O. The Morgan fingerprint density at radius 1 is 1.38 bits per heavy atom. The quantitative estimate of drug-likeness (QED) is 0.833. The van der Waals surface area contributed by atoms with E-state index in [0.717, 1.165) is 31.6 Å². The number of carbonyl (C=O) groups is 1. The summed E-state index contributed by atoms with van der Waals surface area (Å²) in [6, 6.07) is 5.65. The lowest BCUT2D eigenvalue weighted by Gasteiger charge is -2.22. The van der Waals surface area contributed by atoms with E-state index >= 15 is 0 Å². The van der Waals surface area contributed by atoms with Crippen LogP contribution in [0.5, 0.6) is 0 Å². The molecular weight excluding hydrogens is 204 g/mol. The van der Waals surface area contributed by atoms with Crippen molar-refractivity contribution in [3.8, 4) is 0 Å². The van der Waals surface area contributed by atoms with E-state index in [4.69, 9.17) is 9.84 Å². The molecule has 1 aromatic carbocycles. The Labute approximate surface area is 95.0 Å². The van der Waals surface area contributed by atoms with Crippen LogP contribution in [-0.2, 0) is 4.74 Å². The van der Waals surface area contributed by atoms with E-state index in [1.54, 1.807) is 6.07 Å². The van der Waals surface area contributed by atoms with Gasteiger partial charge in [-0.2, -0.15) is 0 Å². The fraction of sp³-hybridized carbons (Fsp3) is 0.462. The molecule has 1 fully saturated rings. The minimum atomic E-state index is -0.851. The number of aromatic carboxylic acids is 1. The second-order valence-corrected chi connectivity index (χ2v) is 4.27. The summed E-state index contributed by atoms with van der Waals surface area (Å²) in [6.07, 6.45) is 2.07. The average molecular weight is 220 g/mol. The lowest BCUT2D eigenvalue weighted by molar-refractivity contribution is 0.0695. The molecule has 1 aromatic rings. The number of hydrogen-bond donors (Lipinski definition) is 1. The molecule has 1 aliphatic heterocycles. The minimum Gasteiger partial charge on any atom is -0.478 e. The van der Waals surface area contributed by atoms with Crippen molar-refractivity contribution in [2.24, 2.45) is 0 Å². The molecule has 86 valence electrons. The topological polar surface area (TPSA) is 46.5 Å². The Morgan fingerprint density at radius 2 is 2.06 bits per heavy atom. The molecule has 3 nitrogen and oxygen atoms in total. The number of rotatable bonds is 2. The van der Waals surface area contributed by atoms with Crippen molar-refractivity contribution in [3.63, 3.8) is 0 Å². The first-order chi connectivity index (χ1) is 7.68. The molecular formula is C13H16O3. The van der Waals surface area contributed by atoms with Crippen molar-refractivity contribution in [3.05, 3.63) is 34.9 Å². The zero-order chi connectivity index (χ0) is 11.5. The van der Waals surface area contributed by atoms with Gasteiger partial charge in [0, 0.05) is 13.2 Å². The number of hydrogen-bond acceptors (Lipinski definition) is 2. The normalized spacial score (nSPS) is 17.3. The molecule has 1 heterocycles. The standard InChI is InChI=1S/C13H16O3/c1-9-8-11(2-3-12(9)13(14)15)10-4-6-16-7-5-10/h2-3,8,10H,4-7H2,1H3,(H,14,15). The van der Waals surface area contributed by atoms with Gasteiger partial charge in [0.05, 0.1) is 5.56 Å². The second kappa shape index (κ2) is 4.66. The van der Waals surface area contributed by atoms with Crippen LogP contribution in [0.1, 0.15) is 40.2 Å². The predicted molar refractivity (Wildman–Crippen MR) is 60.9 cm³/mol. The summed E-state index contributed by atoms with van der Waals surface area (Å²) in [5.41, 5.74) is 2.48. The van der Waals surface area contributed by atoms with Crippen LogP contribution in [0.3, 0.4) is 0 Å². The third kappa shape index (κ3) is 2.25. The molecule has 0 bridgehead atoms. The van der Waals surface area contributed by atoms with Crippen LogP contribution in [-0.4, -0.2) is 24.3 Å². The summed E-state index contributed by atoms with van der Waals surface area (Å²) >= 11 is 0. The summed E-state index contributed by atoms with van der Waals surface area (Å²) in [7, 11) is 0. The first kappa shape index (κ1) is 11.1. The van der Waals surface area contributed by atoms with Crippen LogP contribution in [0, 0.1) is 6.92 Å². The average Bonchev–Trinajstić information content (AvgIpc) is 2.29. The molecule has 16 heavy (non-hydrogen) atoms. The van der Waals surface area contributed by atoms with Gasteiger partial charge in [-0.3, -0.25) is 0 Å². The number of aryl methyl sites for hydroxylation is 1. The van der Waals surface area contributed by atoms with Crippen LogP contribution >= 0.6 is 0 Å². The summed E-state index contributed by atoms with van der Waals surface area (Å²) in [6.45, 7) is 3.47. The molecule has 1 saturated heterocycles. The monoisotopic (exact) mass is 220 g/mol. The number of carboxylic acids is 1. The van der Waals surface area contributed by atoms with E-state index in [0.29, 0.717) is 11.5 Å². The number of ether oxygens (including phenoxy) is 1. The highest BCUT2D eigenvalue weighted by atomic mass is 16.5. The lowest BCUT2D eigenvalue weighted by atomic mass is 9.90. The highest BCUT2D eigenvalue weighted by Crippen LogP contribution is 2.28. The summed E-state index contributed by atoms with van der Waals surface area (Å²) in [4.78, 5) is 10.9. The Kier molecular flexibility index (Phi) is 3.25. The zero-order valence-electron chi connectivity index (χ0n) is 9.40. The molecule has 0 spiro atoms. The Bertz CT molecular complexity index is 392. The van der Waals surface area contributed by atoms with Gasteiger partial charge in [0.25, 0.3) is 0 Å². The van der Waals surface area contributed by atoms with Gasteiger partial charge in [-0.15, -0.1) is 0 Å². The molecule has 0 atom stereocenters. The first-order valence-electron chi connectivity index (χ1n) is 5.60. The number of benzene rings is 1. The van der Waals surface area contributed by atoms with Gasteiger partial charge in [-0.25, -0.2) is 4.79 Å². The summed E-state index contributed by atoms with van der Waals surface area (Å²) in [5.74, 6) is -0.327. The van der Waals surface area contributed by atoms with Gasteiger partial charge in [0.1, 0.15) is 0 Å². The van der Waals surface area contributed by atoms with E-state index < -0.39 is 5.97 Å². The van der Waals surface area contributed by atoms with Gasteiger partial charge in [-0.05, 0) is 42.9 Å². The molecule has 0 radical (unpaired) electrons. The van der Waals surface area contributed by atoms with Crippen molar-refractivity contribution < 1.29 is 14.6 Å². The van der Waals surface area contributed by atoms with Crippen molar-refractivity contribution in [1.29, 1.82) is 0 Å². The molecule has 1 aliphatic rings. The third-order valence-corrected chi connectivity index (χ3v) is 3.17. The molecule has 0 saturated carbocycles. The highest BCUT2D eigenvalue weighted by Gasteiger charge is 2.17. The van der Waals surface area contributed by atoms with Crippen LogP contribution in [0.15, 0.2) is 18.2 Å². The van der Waals surface area contributed by atoms with E-state index in [1.165, 1.54) is 5.56 Å². The summed E-state index contributed by atoms with van der Waals surface area (Å²) < 4.78 is 5.32. The van der Waals surface area contributed by atoms with E-state index in [9.17, 15) is 4.79 Å². The van der Waals surface area contributed by atoms with Crippen LogP contribution in [0.2, 0.25) is 0 Å². The number of carboxylic acid groups (broad SMARTS) is 1. The lowest BCUT2D eigenvalue weighted by Crippen LogP contribution is -2.14. The van der Waals surface area contributed by atoms with E-state index in [1.807, 2.05) is 19.1 Å².